The smallest absolute Gasteiger partial charge is 0.194 e. The van der Waals surface area contributed by atoms with Crippen LogP contribution in [0.25, 0.3) is 0 Å². The van der Waals surface area contributed by atoms with E-state index in [1.54, 1.807) is 11.3 Å². The first-order valence-corrected chi connectivity index (χ1v) is 11.3. The van der Waals surface area contributed by atoms with Gasteiger partial charge in [0.05, 0.1) is 29.9 Å². The van der Waals surface area contributed by atoms with Crippen LogP contribution in [0.15, 0.2) is 34.6 Å². The second-order valence-corrected chi connectivity index (χ2v) is 8.77. The van der Waals surface area contributed by atoms with E-state index < -0.39 is 0 Å². The van der Waals surface area contributed by atoms with Gasteiger partial charge in [0.1, 0.15) is 0 Å². The number of hydrogen-bond donors (Lipinski definition) is 2. The summed E-state index contributed by atoms with van der Waals surface area (Å²) >= 11 is 1.68. The number of aromatic nitrogens is 1. The lowest BCUT2D eigenvalue weighted by Gasteiger charge is -2.29. The van der Waals surface area contributed by atoms with Crippen LogP contribution in [0.4, 0.5) is 0 Å². The third kappa shape index (κ3) is 7.79. The highest BCUT2D eigenvalue weighted by molar-refractivity contribution is 14.0. The number of thiazole rings is 1. The van der Waals surface area contributed by atoms with Crippen LogP contribution in [0.2, 0.25) is 0 Å². The lowest BCUT2D eigenvalue weighted by Crippen LogP contribution is -2.38. The molecule has 2 heterocycles. The van der Waals surface area contributed by atoms with Gasteiger partial charge >= 0.3 is 0 Å². The molecule has 1 fully saturated rings. The lowest BCUT2D eigenvalue weighted by atomic mass is 10.1. The first-order chi connectivity index (χ1) is 14.0. The number of likely N-dealkylation sites (tertiary alicyclic amines) is 1. The largest absolute Gasteiger partial charge is 0.393 e. The molecule has 3 rings (SSSR count). The minimum atomic E-state index is -0.116. The maximum Gasteiger partial charge on any atom is 0.194 e. The summed E-state index contributed by atoms with van der Waals surface area (Å²) in [7, 11) is 2.05. The topological polar surface area (TPSA) is 64.0 Å². The van der Waals surface area contributed by atoms with Crippen LogP contribution in [0, 0.1) is 6.92 Å². The molecule has 1 aliphatic heterocycles. The molecule has 0 unspecified atom stereocenters. The predicted molar refractivity (Wildman–Crippen MR) is 136 cm³/mol. The molecule has 8 heteroatoms. The van der Waals surface area contributed by atoms with Crippen LogP contribution in [0.3, 0.4) is 0 Å². The van der Waals surface area contributed by atoms with Crippen LogP contribution in [0.5, 0.6) is 0 Å². The highest BCUT2D eigenvalue weighted by Crippen LogP contribution is 2.15. The van der Waals surface area contributed by atoms with Crippen LogP contribution < -0.4 is 5.32 Å². The minimum Gasteiger partial charge on any atom is -0.393 e. The Morgan fingerprint density at radius 2 is 1.93 bits per heavy atom. The Morgan fingerprint density at radius 3 is 2.53 bits per heavy atom. The van der Waals surface area contributed by atoms with E-state index in [0.717, 1.165) is 62.2 Å². The van der Waals surface area contributed by atoms with E-state index in [9.17, 15) is 5.11 Å². The molecule has 0 saturated carbocycles. The summed E-state index contributed by atoms with van der Waals surface area (Å²) in [5, 5.41) is 16.2. The number of nitrogens with one attached hydrogen (secondary N) is 1. The molecule has 30 heavy (non-hydrogen) atoms. The van der Waals surface area contributed by atoms with Gasteiger partial charge in [0.2, 0.25) is 0 Å². The summed E-state index contributed by atoms with van der Waals surface area (Å²) < 4.78 is 0. The Labute approximate surface area is 201 Å². The Bertz CT molecular complexity index is 787. The molecule has 1 saturated heterocycles. The number of aryl methyl sites for hydroxylation is 1. The zero-order valence-corrected chi connectivity index (χ0v) is 21.3. The van der Waals surface area contributed by atoms with Crippen molar-refractivity contribution in [2.75, 3.05) is 26.7 Å². The van der Waals surface area contributed by atoms with E-state index in [-0.39, 0.29) is 30.1 Å². The predicted octanol–water partition coefficient (Wildman–Crippen LogP) is 3.62. The molecule has 0 atom stereocenters. The SMILES string of the molecule is CCNC(=NCc1ccc(CN2CCC(O)CC2)cc1)N(C)Cc1csc(C)n1.I. The fourth-order valence-corrected chi connectivity index (χ4v) is 4.12. The third-order valence-electron chi connectivity index (χ3n) is 5.16. The van der Waals surface area contributed by atoms with Crippen molar-refractivity contribution < 1.29 is 5.11 Å². The van der Waals surface area contributed by atoms with Crippen LogP contribution in [0.1, 0.15) is 41.6 Å². The minimum absolute atomic E-state index is 0. The highest BCUT2D eigenvalue weighted by Gasteiger charge is 2.16. The van der Waals surface area contributed by atoms with E-state index in [2.05, 4.69) is 63.7 Å². The summed E-state index contributed by atoms with van der Waals surface area (Å²) in [6.45, 7) is 9.26. The third-order valence-corrected chi connectivity index (χ3v) is 5.98. The van der Waals surface area contributed by atoms with Crippen molar-refractivity contribution >= 4 is 41.3 Å². The first kappa shape index (κ1) is 25.0. The van der Waals surface area contributed by atoms with Crippen LogP contribution in [-0.2, 0) is 19.6 Å². The van der Waals surface area contributed by atoms with Gasteiger partial charge in [-0.3, -0.25) is 4.90 Å². The number of benzene rings is 1. The molecule has 1 aromatic heterocycles. The zero-order valence-electron chi connectivity index (χ0n) is 18.2. The van der Waals surface area contributed by atoms with E-state index in [0.29, 0.717) is 6.54 Å². The van der Waals surface area contributed by atoms with Crippen molar-refractivity contribution in [3.8, 4) is 0 Å². The summed E-state index contributed by atoms with van der Waals surface area (Å²) in [6.07, 6.45) is 1.65. The second-order valence-electron chi connectivity index (χ2n) is 7.71. The van der Waals surface area contributed by atoms with Crippen molar-refractivity contribution in [3.05, 3.63) is 51.5 Å². The molecule has 6 nitrogen and oxygen atoms in total. The zero-order chi connectivity index (χ0) is 20.6. The Morgan fingerprint density at radius 1 is 1.27 bits per heavy atom. The van der Waals surface area contributed by atoms with Crippen molar-refractivity contribution in [3.63, 3.8) is 0 Å². The van der Waals surface area contributed by atoms with Gasteiger partial charge in [-0.05, 0) is 37.8 Å². The van der Waals surface area contributed by atoms with Gasteiger partial charge in [0.15, 0.2) is 5.96 Å². The quantitative estimate of drug-likeness (QED) is 0.318. The Kier molecular flexibility index (Phi) is 10.5. The van der Waals surface area contributed by atoms with Gasteiger partial charge in [-0.2, -0.15) is 0 Å². The number of nitrogens with zero attached hydrogens (tertiary/aromatic N) is 4. The summed E-state index contributed by atoms with van der Waals surface area (Å²) in [5.74, 6) is 0.897. The number of piperidine rings is 1. The molecule has 0 amide bonds. The second kappa shape index (κ2) is 12.6. The summed E-state index contributed by atoms with van der Waals surface area (Å²) in [4.78, 5) is 13.9. The van der Waals surface area contributed by atoms with E-state index >= 15 is 0 Å². The number of aliphatic hydroxyl groups is 1. The number of rotatable bonds is 7. The number of guanidine groups is 1. The molecular formula is C22H34IN5OS. The van der Waals surface area contributed by atoms with E-state index in [1.165, 1.54) is 11.1 Å². The van der Waals surface area contributed by atoms with Crippen molar-refractivity contribution in [1.82, 2.24) is 20.1 Å². The van der Waals surface area contributed by atoms with Gasteiger partial charge in [0, 0.05) is 38.6 Å². The standard InChI is InChI=1S/C22H33N5OS.HI/c1-4-23-22(26(3)15-20-16-29-17(2)25-20)24-13-18-5-7-19(8-6-18)14-27-11-9-21(28)10-12-27;/h5-8,16,21,28H,4,9-15H2,1-3H3,(H,23,24);1H. The van der Waals surface area contributed by atoms with Crippen molar-refractivity contribution in [1.29, 1.82) is 0 Å². The molecular weight excluding hydrogens is 509 g/mol. The summed E-state index contributed by atoms with van der Waals surface area (Å²) in [5.41, 5.74) is 3.60. The summed E-state index contributed by atoms with van der Waals surface area (Å²) in [6, 6.07) is 8.74. The van der Waals surface area contributed by atoms with Gasteiger partial charge in [0.25, 0.3) is 0 Å². The monoisotopic (exact) mass is 543 g/mol. The molecule has 0 spiro atoms. The molecule has 0 aliphatic carbocycles. The van der Waals surface area contributed by atoms with Gasteiger partial charge in [-0.15, -0.1) is 35.3 Å². The number of aliphatic imine (C=N–C) groups is 1. The highest BCUT2D eigenvalue weighted by atomic mass is 127. The maximum absolute atomic E-state index is 9.64. The van der Waals surface area contributed by atoms with Gasteiger partial charge in [-0.1, -0.05) is 24.3 Å². The first-order valence-electron chi connectivity index (χ1n) is 10.4. The van der Waals surface area contributed by atoms with Crippen LogP contribution >= 0.6 is 35.3 Å². The molecule has 0 radical (unpaired) electrons. The molecule has 2 aromatic rings. The van der Waals surface area contributed by atoms with Gasteiger partial charge < -0.3 is 15.3 Å². The fourth-order valence-electron chi connectivity index (χ4n) is 3.52. The average molecular weight is 544 g/mol. The van der Waals surface area contributed by atoms with Gasteiger partial charge in [-0.25, -0.2) is 9.98 Å². The number of hydrogen-bond acceptors (Lipinski definition) is 5. The number of aliphatic hydroxyl groups excluding tert-OH is 1. The average Bonchev–Trinajstić information content (AvgIpc) is 3.12. The van der Waals surface area contributed by atoms with E-state index in [1.807, 2.05) is 6.92 Å². The molecule has 166 valence electrons. The number of halogens is 1. The molecule has 1 aliphatic rings. The normalized spacial score (nSPS) is 15.7. The molecule has 0 bridgehead atoms. The van der Waals surface area contributed by atoms with Crippen molar-refractivity contribution in [2.45, 2.75) is 52.4 Å². The Hall–Kier alpha value is -1.23. The molecule has 1 aromatic carbocycles. The maximum atomic E-state index is 9.64. The Balaban J connectivity index is 0.00000320. The lowest BCUT2D eigenvalue weighted by molar-refractivity contribution is 0.0792. The van der Waals surface area contributed by atoms with Crippen LogP contribution in [-0.4, -0.2) is 58.6 Å². The molecule has 2 N–H and O–H groups in total. The van der Waals surface area contributed by atoms with E-state index in [4.69, 9.17) is 4.99 Å². The van der Waals surface area contributed by atoms with Crippen molar-refractivity contribution in [2.24, 2.45) is 4.99 Å². The fraction of sp³-hybridized carbons (Fsp3) is 0.545.